The Morgan fingerprint density at radius 3 is 2.95 bits per heavy atom. The number of carboxylic acid groups (broad SMARTS) is 1. The van der Waals surface area contributed by atoms with E-state index in [9.17, 15) is 9.90 Å². The van der Waals surface area contributed by atoms with Gasteiger partial charge in [0.1, 0.15) is 0 Å². The molecule has 0 saturated carbocycles. The lowest BCUT2D eigenvalue weighted by Gasteiger charge is -2.25. The number of aryl methyl sites for hydroxylation is 2. The van der Waals surface area contributed by atoms with Gasteiger partial charge in [0.2, 0.25) is 0 Å². The summed E-state index contributed by atoms with van der Waals surface area (Å²) >= 11 is 0. The van der Waals surface area contributed by atoms with Gasteiger partial charge in [-0.15, -0.1) is 0 Å². The Morgan fingerprint density at radius 2 is 2.25 bits per heavy atom. The SMILES string of the molecule is CCn1cc(CC2(C(=O)O)CCc3ccccc32)cn1. The van der Waals surface area contributed by atoms with Crippen LogP contribution in [0.1, 0.15) is 30.0 Å². The van der Waals surface area contributed by atoms with Gasteiger partial charge in [0, 0.05) is 12.7 Å². The van der Waals surface area contributed by atoms with Gasteiger partial charge in [0.25, 0.3) is 0 Å². The molecule has 3 rings (SSSR count). The molecule has 0 bridgehead atoms. The van der Waals surface area contributed by atoms with Crippen LogP contribution >= 0.6 is 0 Å². The van der Waals surface area contributed by atoms with E-state index in [1.807, 2.05) is 42.1 Å². The predicted molar refractivity (Wildman–Crippen MR) is 75.7 cm³/mol. The zero-order valence-corrected chi connectivity index (χ0v) is 11.5. The molecule has 1 aromatic carbocycles. The summed E-state index contributed by atoms with van der Waals surface area (Å²) in [4.78, 5) is 11.9. The second-order valence-electron chi connectivity index (χ2n) is 5.43. The van der Waals surface area contributed by atoms with Crippen LogP contribution in [0.5, 0.6) is 0 Å². The molecule has 1 N–H and O–H groups in total. The topological polar surface area (TPSA) is 55.1 Å². The van der Waals surface area contributed by atoms with Crippen LogP contribution in [0, 0.1) is 0 Å². The molecule has 1 atom stereocenters. The number of rotatable bonds is 4. The van der Waals surface area contributed by atoms with Crippen molar-refractivity contribution in [1.29, 1.82) is 0 Å². The largest absolute Gasteiger partial charge is 0.481 e. The molecule has 0 aliphatic heterocycles. The van der Waals surface area contributed by atoms with E-state index in [0.717, 1.165) is 29.7 Å². The van der Waals surface area contributed by atoms with Crippen molar-refractivity contribution < 1.29 is 9.90 Å². The molecule has 1 aliphatic rings. The minimum absolute atomic E-state index is 0.513. The minimum atomic E-state index is -0.793. The van der Waals surface area contributed by atoms with Gasteiger partial charge in [0.15, 0.2) is 0 Å². The lowest BCUT2D eigenvalue weighted by Crippen LogP contribution is -2.35. The maximum Gasteiger partial charge on any atom is 0.314 e. The first-order chi connectivity index (χ1) is 9.65. The van der Waals surface area contributed by atoms with Crippen molar-refractivity contribution in [3.05, 3.63) is 53.3 Å². The number of fused-ring (bicyclic) bond motifs is 1. The molecule has 4 heteroatoms. The monoisotopic (exact) mass is 270 g/mol. The van der Waals surface area contributed by atoms with Crippen LogP contribution in [0.2, 0.25) is 0 Å². The standard InChI is InChI=1S/C16H18N2O2/c1-2-18-11-12(10-17-18)9-16(15(19)20)8-7-13-5-3-4-6-14(13)16/h3-6,10-11H,2,7-9H2,1H3,(H,19,20). The van der Waals surface area contributed by atoms with Crippen LogP contribution in [0.25, 0.3) is 0 Å². The van der Waals surface area contributed by atoms with Crippen LogP contribution in [0.4, 0.5) is 0 Å². The molecule has 0 saturated heterocycles. The zero-order chi connectivity index (χ0) is 14.2. The Labute approximate surface area is 118 Å². The predicted octanol–water partition coefficient (Wildman–Crippen LogP) is 2.41. The maximum atomic E-state index is 11.9. The maximum absolute atomic E-state index is 11.9. The van der Waals surface area contributed by atoms with Gasteiger partial charge in [-0.1, -0.05) is 24.3 Å². The van der Waals surface area contributed by atoms with Crippen LogP contribution in [0.3, 0.4) is 0 Å². The molecule has 1 unspecified atom stereocenters. The van der Waals surface area contributed by atoms with Gasteiger partial charge in [-0.2, -0.15) is 5.10 Å². The van der Waals surface area contributed by atoms with E-state index in [0.29, 0.717) is 12.8 Å². The van der Waals surface area contributed by atoms with Crippen LogP contribution in [-0.4, -0.2) is 20.9 Å². The number of aromatic nitrogens is 2. The van der Waals surface area contributed by atoms with Crippen LogP contribution < -0.4 is 0 Å². The van der Waals surface area contributed by atoms with Crippen molar-refractivity contribution in [2.45, 2.75) is 38.1 Å². The summed E-state index contributed by atoms with van der Waals surface area (Å²) in [5, 5.41) is 14.1. The second kappa shape index (κ2) is 4.78. The Kier molecular flexibility index (Phi) is 3.08. The van der Waals surface area contributed by atoms with Gasteiger partial charge in [0.05, 0.1) is 11.6 Å². The third kappa shape index (κ3) is 1.92. The van der Waals surface area contributed by atoms with Gasteiger partial charge in [-0.3, -0.25) is 9.48 Å². The van der Waals surface area contributed by atoms with E-state index in [2.05, 4.69) is 5.10 Å². The first-order valence-electron chi connectivity index (χ1n) is 6.99. The Hall–Kier alpha value is -2.10. The Morgan fingerprint density at radius 1 is 1.45 bits per heavy atom. The van der Waals surface area contributed by atoms with Gasteiger partial charge in [-0.25, -0.2) is 0 Å². The summed E-state index contributed by atoms with van der Waals surface area (Å²) in [6.45, 7) is 2.82. The van der Waals surface area contributed by atoms with E-state index in [4.69, 9.17) is 0 Å². The number of carbonyl (C=O) groups is 1. The highest BCUT2D eigenvalue weighted by Gasteiger charge is 2.45. The molecule has 1 aliphatic carbocycles. The van der Waals surface area contributed by atoms with Crippen molar-refractivity contribution >= 4 is 5.97 Å². The van der Waals surface area contributed by atoms with Crippen molar-refractivity contribution in [1.82, 2.24) is 9.78 Å². The van der Waals surface area contributed by atoms with Gasteiger partial charge < -0.3 is 5.11 Å². The van der Waals surface area contributed by atoms with E-state index in [1.54, 1.807) is 6.20 Å². The molecular weight excluding hydrogens is 252 g/mol. The fourth-order valence-corrected chi connectivity index (χ4v) is 3.19. The van der Waals surface area contributed by atoms with Crippen LogP contribution in [-0.2, 0) is 29.6 Å². The molecule has 0 radical (unpaired) electrons. The summed E-state index contributed by atoms with van der Waals surface area (Å²) in [6.07, 6.45) is 5.75. The highest BCUT2D eigenvalue weighted by atomic mass is 16.4. The lowest BCUT2D eigenvalue weighted by atomic mass is 9.77. The number of hydrogen-bond donors (Lipinski definition) is 1. The fourth-order valence-electron chi connectivity index (χ4n) is 3.19. The number of nitrogens with zero attached hydrogens (tertiary/aromatic N) is 2. The summed E-state index contributed by atoms with van der Waals surface area (Å²) < 4.78 is 1.84. The molecule has 20 heavy (non-hydrogen) atoms. The van der Waals surface area contributed by atoms with Crippen molar-refractivity contribution in [2.24, 2.45) is 0 Å². The molecule has 104 valence electrons. The molecule has 0 amide bonds. The fraction of sp³-hybridized carbons (Fsp3) is 0.375. The molecule has 0 spiro atoms. The van der Waals surface area contributed by atoms with Crippen molar-refractivity contribution in [3.8, 4) is 0 Å². The Bertz CT molecular complexity index is 647. The van der Waals surface area contributed by atoms with Gasteiger partial charge in [-0.05, 0) is 42.9 Å². The van der Waals surface area contributed by atoms with E-state index in [1.165, 1.54) is 0 Å². The Balaban J connectivity index is 2.00. The number of benzene rings is 1. The number of carboxylic acids is 1. The molecule has 4 nitrogen and oxygen atoms in total. The van der Waals surface area contributed by atoms with E-state index in [-0.39, 0.29) is 0 Å². The van der Waals surface area contributed by atoms with Crippen LogP contribution in [0.15, 0.2) is 36.7 Å². The normalized spacial score (nSPS) is 20.9. The lowest BCUT2D eigenvalue weighted by molar-refractivity contribution is -0.143. The first-order valence-corrected chi connectivity index (χ1v) is 6.99. The molecule has 0 fully saturated rings. The molecule has 1 aromatic heterocycles. The smallest absolute Gasteiger partial charge is 0.314 e. The molecule has 2 aromatic rings. The number of aliphatic carboxylic acids is 1. The van der Waals surface area contributed by atoms with Crippen molar-refractivity contribution in [2.75, 3.05) is 0 Å². The average molecular weight is 270 g/mol. The molecular formula is C16H18N2O2. The quantitative estimate of drug-likeness (QED) is 0.928. The second-order valence-corrected chi connectivity index (χ2v) is 5.43. The summed E-state index contributed by atoms with van der Waals surface area (Å²) in [6, 6.07) is 7.90. The van der Waals surface area contributed by atoms with E-state index >= 15 is 0 Å². The first kappa shape index (κ1) is 12.9. The minimum Gasteiger partial charge on any atom is -0.481 e. The third-order valence-electron chi connectivity index (χ3n) is 4.28. The summed E-state index contributed by atoms with van der Waals surface area (Å²) in [5.74, 6) is -0.730. The molecule has 1 heterocycles. The number of hydrogen-bond acceptors (Lipinski definition) is 2. The third-order valence-corrected chi connectivity index (χ3v) is 4.28. The summed E-state index contributed by atoms with van der Waals surface area (Å²) in [7, 11) is 0. The summed E-state index contributed by atoms with van der Waals surface area (Å²) in [5.41, 5.74) is 2.33. The highest BCUT2D eigenvalue weighted by molar-refractivity contribution is 5.83. The van der Waals surface area contributed by atoms with Gasteiger partial charge >= 0.3 is 5.97 Å². The average Bonchev–Trinajstić information content (AvgIpc) is 3.05. The van der Waals surface area contributed by atoms with Crippen molar-refractivity contribution in [3.63, 3.8) is 0 Å². The highest BCUT2D eigenvalue weighted by Crippen LogP contribution is 2.41. The van der Waals surface area contributed by atoms with E-state index < -0.39 is 11.4 Å². The zero-order valence-electron chi connectivity index (χ0n) is 11.5.